The lowest BCUT2D eigenvalue weighted by Crippen LogP contribution is -2.07. The molecule has 4 rings (SSSR count). The average Bonchev–Trinajstić information content (AvgIpc) is 2.74. The Bertz CT molecular complexity index is 1130. The van der Waals surface area contributed by atoms with Gasteiger partial charge >= 0.3 is 0 Å². The second-order valence-corrected chi connectivity index (χ2v) is 8.03. The summed E-state index contributed by atoms with van der Waals surface area (Å²) in [5.41, 5.74) is 5.07. The zero-order valence-corrected chi connectivity index (χ0v) is 18.5. The monoisotopic (exact) mass is 428 g/mol. The fourth-order valence-corrected chi connectivity index (χ4v) is 3.54. The summed E-state index contributed by atoms with van der Waals surface area (Å²) in [5.74, 6) is 1.37. The van der Waals surface area contributed by atoms with Crippen LogP contribution in [0.4, 0.5) is 34.9 Å². The van der Waals surface area contributed by atoms with Crippen molar-refractivity contribution >= 4 is 46.7 Å². The van der Waals surface area contributed by atoms with E-state index in [4.69, 9.17) is 0 Å². The molecule has 0 fully saturated rings. The van der Waals surface area contributed by atoms with Crippen molar-refractivity contribution in [2.75, 3.05) is 22.2 Å². The Balaban J connectivity index is 1.66. The first kappa shape index (κ1) is 20.7. The summed E-state index contributed by atoms with van der Waals surface area (Å²) in [6, 6.07) is 24.3. The van der Waals surface area contributed by atoms with E-state index in [-0.39, 0.29) is 0 Å². The lowest BCUT2D eigenvalue weighted by Gasteiger charge is -2.12. The summed E-state index contributed by atoms with van der Waals surface area (Å²) < 4.78 is 0. The number of nitrogens with one attached hydrogen (secondary N) is 3. The van der Waals surface area contributed by atoms with Gasteiger partial charge in [0.15, 0.2) is 0 Å². The van der Waals surface area contributed by atoms with Gasteiger partial charge in [-0.3, -0.25) is 0 Å². The van der Waals surface area contributed by atoms with E-state index in [1.54, 1.807) is 11.8 Å². The number of aryl methyl sites for hydroxylation is 2. The van der Waals surface area contributed by atoms with Crippen LogP contribution in [0.1, 0.15) is 11.1 Å². The molecular formula is C24H24N6S. The van der Waals surface area contributed by atoms with Gasteiger partial charge in [0, 0.05) is 22.0 Å². The highest BCUT2D eigenvalue weighted by atomic mass is 32.2. The van der Waals surface area contributed by atoms with E-state index in [0.717, 1.165) is 33.1 Å². The van der Waals surface area contributed by atoms with Gasteiger partial charge in [0.1, 0.15) is 0 Å². The summed E-state index contributed by atoms with van der Waals surface area (Å²) >= 11 is 1.69. The van der Waals surface area contributed by atoms with Crippen LogP contribution in [0, 0.1) is 13.8 Å². The summed E-state index contributed by atoms with van der Waals surface area (Å²) in [7, 11) is 0. The van der Waals surface area contributed by atoms with Gasteiger partial charge in [-0.2, -0.15) is 15.0 Å². The molecule has 0 bridgehead atoms. The largest absolute Gasteiger partial charge is 0.324 e. The molecule has 0 aliphatic heterocycles. The molecule has 3 N–H and O–H groups in total. The van der Waals surface area contributed by atoms with Gasteiger partial charge in [0.2, 0.25) is 17.8 Å². The smallest absolute Gasteiger partial charge is 0.233 e. The van der Waals surface area contributed by atoms with Gasteiger partial charge < -0.3 is 16.0 Å². The second-order valence-electron chi connectivity index (χ2n) is 7.15. The molecule has 1 aromatic heterocycles. The van der Waals surface area contributed by atoms with Crippen molar-refractivity contribution in [3.05, 3.63) is 83.9 Å². The van der Waals surface area contributed by atoms with Crippen molar-refractivity contribution in [2.24, 2.45) is 0 Å². The molecule has 0 amide bonds. The van der Waals surface area contributed by atoms with Crippen LogP contribution >= 0.6 is 11.8 Å². The Hall–Kier alpha value is -3.58. The number of aromatic nitrogens is 3. The fraction of sp³-hybridized carbons (Fsp3) is 0.125. The molecule has 3 aromatic carbocycles. The van der Waals surface area contributed by atoms with Crippen molar-refractivity contribution in [3.8, 4) is 0 Å². The normalized spacial score (nSPS) is 10.5. The molecule has 0 aliphatic carbocycles. The number of thioether (sulfide) groups is 1. The molecule has 0 saturated carbocycles. The van der Waals surface area contributed by atoms with Gasteiger partial charge in [0.05, 0.1) is 0 Å². The van der Waals surface area contributed by atoms with Crippen molar-refractivity contribution < 1.29 is 0 Å². The number of rotatable bonds is 7. The van der Waals surface area contributed by atoms with Gasteiger partial charge in [-0.05, 0) is 73.7 Å². The van der Waals surface area contributed by atoms with Crippen LogP contribution in [0.2, 0.25) is 0 Å². The van der Waals surface area contributed by atoms with E-state index in [0.29, 0.717) is 17.8 Å². The first-order valence-electron chi connectivity index (χ1n) is 9.92. The first-order chi connectivity index (χ1) is 15.1. The Morgan fingerprint density at radius 3 is 1.42 bits per heavy atom. The SMILES string of the molecule is CSc1cccc(Nc2nc(Nc3cccc(C)c3)nc(Nc3cccc(C)c3)n2)c1. The number of hydrogen-bond acceptors (Lipinski definition) is 7. The van der Waals surface area contributed by atoms with Crippen molar-refractivity contribution in [2.45, 2.75) is 18.7 Å². The standard InChI is InChI=1S/C24H24N6S/c1-16-7-4-9-18(13-16)25-22-28-23(26-19-10-5-8-17(2)14-19)30-24(29-22)27-20-11-6-12-21(15-20)31-3/h4-15H,1-3H3,(H3,25,26,27,28,29,30). The maximum Gasteiger partial charge on any atom is 0.233 e. The number of nitrogens with zero attached hydrogens (tertiary/aromatic N) is 3. The molecule has 0 aliphatic rings. The molecule has 31 heavy (non-hydrogen) atoms. The van der Waals surface area contributed by atoms with E-state index in [9.17, 15) is 0 Å². The van der Waals surface area contributed by atoms with Crippen LogP contribution in [0.15, 0.2) is 77.7 Å². The Kier molecular flexibility index (Phi) is 6.33. The highest BCUT2D eigenvalue weighted by Crippen LogP contribution is 2.24. The molecule has 4 aromatic rings. The molecule has 7 heteroatoms. The van der Waals surface area contributed by atoms with E-state index in [1.165, 1.54) is 0 Å². The minimum absolute atomic E-state index is 0.457. The maximum atomic E-state index is 4.58. The van der Waals surface area contributed by atoms with Gasteiger partial charge in [-0.1, -0.05) is 30.3 Å². The van der Waals surface area contributed by atoms with Crippen LogP contribution in [0.5, 0.6) is 0 Å². The lowest BCUT2D eigenvalue weighted by atomic mass is 10.2. The molecular weight excluding hydrogens is 404 g/mol. The third kappa shape index (κ3) is 5.73. The lowest BCUT2D eigenvalue weighted by molar-refractivity contribution is 1.06. The average molecular weight is 429 g/mol. The second kappa shape index (κ2) is 9.49. The van der Waals surface area contributed by atoms with Crippen molar-refractivity contribution in [1.82, 2.24) is 15.0 Å². The Morgan fingerprint density at radius 1 is 0.581 bits per heavy atom. The predicted molar refractivity (Wildman–Crippen MR) is 130 cm³/mol. The van der Waals surface area contributed by atoms with E-state index >= 15 is 0 Å². The van der Waals surface area contributed by atoms with Crippen LogP contribution in [-0.2, 0) is 0 Å². The minimum atomic E-state index is 0.457. The van der Waals surface area contributed by atoms with Crippen LogP contribution in [0.3, 0.4) is 0 Å². The number of hydrogen-bond donors (Lipinski definition) is 3. The molecule has 0 atom stereocenters. The van der Waals surface area contributed by atoms with Crippen molar-refractivity contribution in [1.29, 1.82) is 0 Å². The summed E-state index contributed by atoms with van der Waals surface area (Å²) in [5, 5.41) is 9.87. The Labute approximate surface area is 186 Å². The minimum Gasteiger partial charge on any atom is -0.324 e. The first-order valence-corrected chi connectivity index (χ1v) is 11.1. The predicted octanol–water partition coefficient (Wildman–Crippen LogP) is 6.44. The number of benzene rings is 3. The third-order valence-corrected chi connectivity index (χ3v) is 5.24. The zero-order valence-electron chi connectivity index (χ0n) is 17.7. The summed E-state index contributed by atoms with van der Waals surface area (Å²) in [6.45, 7) is 4.10. The molecule has 0 spiro atoms. The molecule has 0 radical (unpaired) electrons. The van der Waals surface area contributed by atoms with Gasteiger partial charge in [-0.15, -0.1) is 11.8 Å². The van der Waals surface area contributed by atoms with Crippen LogP contribution < -0.4 is 16.0 Å². The Morgan fingerprint density at radius 2 is 1.00 bits per heavy atom. The highest BCUT2D eigenvalue weighted by molar-refractivity contribution is 7.98. The van der Waals surface area contributed by atoms with Crippen LogP contribution in [0.25, 0.3) is 0 Å². The van der Waals surface area contributed by atoms with E-state index < -0.39 is 0 Å². The van der Waals surface area contributed by atoms with E-state index in [1.807, 2.05) is 48.5 Å². The molecule has 156 valence electrons. The van der Waals surface area contributed by atoms with E-state index in [2.05, 4.69) is 75.3 Å². The van der Waals surface area contributed by atoms with Crippen molar-refractivity contribution in [3.63, 3.8) is 0 Å². The van der Waals surface area contributed by atoms with Gasteiger partial charge in [0.25, 0.3) is 0 Å². The molecule has 0 saturated heterocycles. The summed E-state index contributed by atoms with van der Waals surface area (Å²) in [6.07, 6.45) is 2.05. The maximum absolute atomic E-state index is 4.58. The molecule has 6 nitrogen and oxygen atoms in total. The number of anilines is 6. The molecule has 0 unspecified atom stereocenters. The topological polar surface area (TPSA) is 74.8 Å². The van der Waals surface area contributed by atoms with Gasteiger partial charge in [-0.25, -0.2) is 0 Å². The third-order valence-electron chi connectivity index (χ3n) is 4.51. The highest BCUT2D eigenvalue weighted by Gasteiger charge is 2.09. The summed E-state index contributed by atoms with van der Waals surface area (Å²) in [4.78, 5) is 14.9. The fourth-order valence-electron chi connectivity index (χ4n) is 3.08. The quantitative estimate of drug-likeness (QED) is 0.292. The zero-order chi connectivity index (χ0) is 21.6. The van der Waals surface area contributed by atoms with Crippen LogP contribution in [-0.4, -0.2) is 21.2 Å². The molecule has 1 heterocycles.